The first-order valence-electron chi connectivity index (χ1n) is 22.4. The van der Waals surface area contributed by atoms with Crippen molar-refractivity contribution in [2.45, 2.75) is 98.2 Å². The Kier molecular flexibility index (Phi) is 12.2. The number of allylic oxidation sites excluding steroid dienone is 1. The Hall–Kier alpha value is -3.44. The van der Waals surface area contributed by atoms with Gasteiger partial charge in [-0.25, -0.2) is 0 Å². The number of aliphatic hydroxyl groups excluding tert-OH is 3. The van der Waals surface area contributed by atoms with Gasteiger partial charge in [0, 0.05) is 56.1 Å². The summed E-state index contributed by atoms with van der Waals surface area (Å²) in [6.45, 7) is 4.05. The Labute approximate surface area is 389 Å². The van der Waals surface area contributed by atoms with Gasteiger partial charge in [-0.05, 0) is 114 Å². The Morgan fingerprint density at radius 2 is 1.80 bits per heavy atom. The minimum absolute atomic E-state index is 0.00243. The zero-order valence-corrected chi connectivity index (χ0v) is 39.5. The molecule has 0 amide bonds. The topological polar surface area (TPSA) is 172 Å². The van der Waals surface area contributed by atoms with Crippen LogP contribution in [0.25, 0.3) is 16.7 Å². The lowest BCUT2D eigenvalue weighted by atomic mass is 9.56. The van der Waals surface area contributed by atoms with Gasteiger partial charge in [0.25, 0.3) is 0 Å². The summed E-state index contributed by atoms with van der Waals surface area (Å²) in [5.74, 6) is 1.63. The molecular weight excluding hydrogens is 891 g/mol. The number of phenolic OH excluding ortho intramolecular Hbond substituents is 3. The molecule has 8 aliphatic rings. The molecule has 5 aliphatic heterocycles. The number of hydrogen-bond donors (Lipinski definition) is 6. The quantitative estimate of drug-likeness (QED) is 0.0786. The van der Waals surface area contributed by atoms with Crippen molar-refractivity contribution in [2.24, 2.45) is 11.8 Å². The second-order valence-electron chi connectivity index (χ2n) is 18.6. The minimum atomic E-state index is -1.52. The molecule has 0 radical (unpaired) electrons. The fourth-order valence-corrected chi connectivity index (χ4v) is 18.2. The van der Waals surface area contributed by atoms with E-state index in [-0.39, 0.29) is 70.5 Å². The third-order valence-electron chi connectivity index (χ3n) is 14.7. The largest absolute Gasteiger partial charge is 0.670 e. The van der Waals surface area contributed by atoms with E-state index in [1.54, 1.807) is 22.9 Å². The predicted molar refractivity (Wildman–Crippen MR) is 256 cm³/mol. The SMILES string of the molecule is COc1c(O)c(OCCC(C)C)cc([C@@]23CC[C@@H]4SS[C@H]5C[C@@H]6CC[C@H]7c8cc(O)ccc8-c8c(OCCO)cc(c(c8[C@@]7(CO)CSSCC5=C(c5cc[n-]c5)C6)[C@H]4[C@H]2O)O3)c1O. The summed E-state index contributed by atoms with van der Waals surface area (Å²) in [4.78, 5) is 4.50. The number of aromatic hydroxyl groups is 3. The molecule has 2 fully saturated rings. The van der Waals surface area contributed by atoms with E-state index in [0.29, 0.717) is 48.5 Å². The molecule has 8 atom stereocenters. The lowest BCUT2D eigenvalue weighted by Crippen LogP contribution is -2.57. The van der Waals surface area contributed by atoms with E-state index in [4.69, 9.17) is 18.9 Å². The van der Waals surface area contributed by atoms with Gasteiger partial charge in [0.1, 0.15) is 30.0 Å². The van der Waals surface area contributed by atoms with E-state index in [0.717, 1.165) is 65.7 Å². The zero-order chi connectivity index (χ0) is 44.5. The number of methoxy groups -OCH3 is 1. The maximum Gasteiger partial charge on any atom is 0.207 e. The summed E-state index contributed by atoms with van der Waals surface area (Å²) in [5, 5.41) is 70.7. The summed E-state index contributed by atoms with van der Waals surface area (Å²) in [6, 6.07) is 11.1. The maximum atomic E-state index is 13.4. The average Bonchev–Trinajstić information content (AvgIpc) is 3.82. The molecule has 0 unspecified atom stereocenters. The van der Waals surface area contributed by atoms with E-state index in [1.165, 1.54) is 23.8 Å². The molecule has 4 aromatic rings. The van der Waals surface area contributed by atoms with E-state index in [1.807, 2.05) is 63.0 Å². The third-order valence-corrected chi connectivity index (χ3v) is 20.5. The molecular formula is C49H56NO10S4-. The highest BCUT2D eigenvalue weighted by Crippen LogP contribution is 2.68. The van der Waals surface area contributed by atoms with Gasteiger partial charge < -0.3 is 54.6 Å². The summed E-state index contributed by atoms with van der Waals surface area (Å²) in [6.07, 6.45) is 7.91. The van der Waals surface area contributed by atoms with Gasteiger partial charge in [0.15, 0.2) is 17.1 Å². The highest BCUT2D eigenvalue weighted by Gasteiger charge is 2.61. The van der Waals surface area contributed by atoms with Crippen molar-refractivity contribution in [1.29, 1.82) is 0 Å². The third kappa shape index (κ3) is 7.16. The molecule has 3 aromatic carbocycles. The molecule has 15 heteroatoms. The molecule has 342 valence electrons. The fourth-order valence-electron chi connectivity index (χ4n) is 11.6. The van der Waals surface area contributed by atoms with Crippen LogP contribution in [-0.4, -0.2) is 92.3 Å². The van der Waals surface area contributed by atoms with Crippen LogP contribution < -0.4 is 23.9 Å². The first kappa shape index (κ1) is 44.4. The lowest BCUT2D eigenvalue weighted by Gasteiger charge is -2.55. The summed E-state index contributed by atoms with van der Waals surface area (Å²) in [7, 11) is 8.69. The molecule has 64 heavy (non-hydrogen) atoms. The maximum absolute atomic E-state index is 13.4. The Morgan fingerprint density at radius 3 is 2.56 bits per heavy atom. The molecule has 1 saturated carbocycles. The first-order valence-corrected chi connectivity index (χ1v) is 27.2. The van der Waals surface area contributed by atoms with Gasteiger partial charge in [-0.2, -0.15) is 12.4 Å². The van der Waals surface area contributed by atoms with Crippen molar-refractivity contribution >= 4 is 48.7 Å². The van der Waals surface area contributed by atoms with Gasteiger partial charge in [-0.3, -0.25) is 0 Å². The fraction of sp³-hybridized carbons (Fsp3) is 0.510. The zero-order valence-electron chi connectivity index (χ0n) is 36.2. The van der Waals surface area contributed by atoms with Gasteiger partial charge in [-0.15, -0.1) is 0 Å². The van der Waals surface area contributed by atoms with Crippen LogP contribution in [0.4, 0.5) is 0 Å². The molecule has 3 aliphatic carbocycles. The van der Waals surface area contributed by atoms with Crippen LogP contribution >= 0.6 is 43.2 Å². The highest BCUT2D eigenvalue weighted by atomic mass is 33.1. The van der Waals surface area contributed by atoms with Crippen LogP contribution in [0.15, 0.2) is 54.4 Å². The molecule has 11 nitrogen and oxygen atoms in total. The molecule has 8 bridgehead atoms. The normalized spacial score (nSPS) is 29.2. The number of hydrogen-bond acceptors (Lipinski definition) is 14. The van der Waals surface area contributed by atoms with Crippen molar-refractivity contribution in [3.63, 3.8) is 0 Å². The first-order chi connectivity index (χ1) is 31.0. The average molecular weight is 947 g/mol. The van der Waals surface area contributed by atoms with Crippen LogP contribution in [0, 0.1) is 11.8 Å². The number of benzene rings is 3. The van der Waals surface area contributed by atoms with Crippen LogP contribution in [0.5, 0.6) is 40.2 Å². The smallest absolute Gasteiger partial charge is 0.207 e. The van der Waals surface area contributed by atoms with E-state index in [2.05, 4.69) is 24.9 Å². The highest BCUT2D eigenvalue weighted by molar-refractivity contribution is 8.77. The Bertz CT molecular complexity index is 2440. The monoisotopic (exact) mass is 946 g/mol. The molecule has 1 saturated heterocycles. The van der Waals surface area contributed by atoms with Crippen molar-refractivity contribution in [2.75, 3.05) is 45.0 Å². The van der Waals surface area contributed by atoms with Crippen molar-refractivity contribution in [3.05, 3.63) is 82.2 Å². The second-order valence-corrected chi connectivity index (χ2v) is 23.8. The van der Waals surface area contributed by atoms with Gasteiger partial charge >= 0.3 is 0 Å². The lowest BCUT2D eigenvalue weighted by molar-refractivity contribution is -0.112. The van der Waals surface area contributed by atoms with E-state index in [9.17, 15) is 30.6 Å². The van der Waals surface area contributed by atoms with Crippen LogP contribution in [0.1, 0.15) is 98.4 Å². The molecule has 0 spiro atoms. The number of aliphatic hydroxyl groups is 3. The van der Waals surface area contributed by atoms with Crippen molar-refractivity contribution in [1.82, 2.24) is 4.98 Å². The summed E-state index contributed by atoms with van der Waals surface area (Å²) in [5.41, 5.74) is 6.08. The summed E-state index contributed by atoms with van der Waals surface area (Å²) < 4.78 is 25.7. The molecule has 12 rings (SSSR count). The van der Waals surface area contributed by atoms with Gasteiger partial charge in [0.05, 0.1) is 26.9 Å². The molecule has 6 N–H and O–H groups in total. The number of fused-ring (bicyclic) bond motifs is 5. The molecule has 6 heterocycles. The van der Waals surface area contributed by atoms with Gasteiger partial charge in [-0.1, -0.05) is 69.2 Å². The van der Waals surface area contributed by atoms with Crippen LogP contribution in [-0.2, 0) is 11.0 Å². The second kappa shape index (κ2) is 17.7. The van der Waals surface area contributed by atoms with E-state index >= 15 is 0 Å². The van der Waals surface area contributed by atoms with Gasteiger partial charge in [0.2, 0.25) is 11.5 Å². The standard InChI is InChI=1S/C49H56NO10S4/c1-25(2)10-14-58-37-19-34(44(54)46(57-3)45(37)55)49-11-8-38-42(47(49)56)41-36(60-49)20-35(59-15-13-51)40-29-6-5-28(53)18-31(29)33-7-4-26-16-30(27-9-12-50-21-27)32(39(17-26)64-63-38)22-61-62-24-48(33,23-52)43(40)41/h5-6,9,12,18-21,25-26,33,38-39,42,47,51-56H,4,7-8,10-11,13-17,22-24H2,1-3H3/q-1/t26-,33+,38+,39+,42+,47-,48+,49+/m1/s1. The number of rotatable bonds is 11. The summed E-state index contributed by atoms with van der Waals surface area (Å²) >= 11 is 0. The predicted octanol–water partition coefficient (Wildman–Crippen LogP) is 9.26. The number of nitrogens with zero attached hydrogens (tertiary/aromatic N) is 1. The minimum Gasteiger partial charge on any atom is -0.670 e. The number of ether oxygens (including phenoxy) is 4. The molecule has 1 aromatic heterocycles. The number of aromatic nitrogens is 1. The van der Waals surface area contributed by atoms with E-state index < -0.39 is 23.0 Å². The van der Waals surface area contributed by atoms with Crippen molar-refractivity contribution < 1.29 is 49.6 Å². The van der Waals surface area contributed by atoms with Crippen LogP contribution in [0.3, 0.4) is 0 Å². The van der Waals surface area contributed by atoms with Crippen LogP contribution in [0.2, 0.25) is 0 Å². The van der Waals surface area contributed by atoms with Crippen molar-refractivity contribution in [3.8, 4) is 51.4 Å². The number of phenols is 3. The Morgan fingerprint density at radius 1 is 0.953 bits per heavy atom. The Balaban J connectivity index is 1.25.